The van der Waals surface area contributed by atoms with Crippen molar-refractivity contribution in [3.05, 3.63) is 60.2 Å². The molecule has 9 heteroatoms. The molecule has 1 aliphatic heterocycles. The highest BCUT2D eigenvalue weighted by atomic mass is 19.1. The molecule has 0 unspecified atom stereocenters. The third kappa shape index (κ3) is 3.75. The number of hydrogen-bond acceptors (Lipinski definition) is 6. The summed E-state index contributed by atoms with van der Waals surface area (Å²) < 4.78 is 26.5. The van der Waals surface area contributed by atoms with Crippen molar-refractivity contribution in [3.63, 3.8) is 0 Å². The number of rotatable bonds is 5. The van der Waals surface area contributed by atoms with Gasteiger partial charge in [-0.25, -0.2) is 9.07 Å². The molecule has 1 atom stereocenters. The van der Waals surface area contributed by atoms with Gasteiger partial charge in [0.05, 0.1) is 31.6 Å². The number of para-hydroxylation sites is 1. The van der Waals surface area contributed by atoms with E-state index in [0.717, 1.165) is 0 Å². The smallest absolute Gasteiger partial charge is 0.274 e. The molecule has 2 aromatic heterocycles. The number of aromatic nitrogens is 4. The maximum Gasteiger partial charge on any atom is 0.274 e. The van der Waals surface area contributed by atoms with Crippen LogP contribution in [0, 0.1) is 5.82 Å². The molecule has 0 saturated carbocycles. The Bertz CT molecular complexity index is 957. The molecule has 0 spiro atoms. The monoisotopic (exact) mass is 383 g/mol. The molecular weight excluding hydrogens is 365 g/mol. The zero-order valence-corrected chi connectivity index (χ0v) is 14.9. The predicted octanol–water partition coefficient (Wildman–Crippen LogP) is 1.61. The minimum absolute atomic E-state index is 0.0543. The summed E-state index contributed by atoms with van der Waals surface area (Å²) in [6, 6.07) is 11.4. The van der Waals surface area contributed by atoms with Gasteiger partial charge in [-0.15, -0.1) is 5.10 Å². The van der Waals surface area contributed by atoms with E-state index in [9.17, 15) is 9.18 Å². The number of nitrogens with one attached hydrogen (secondary N) is 1. The maximum atomic E-state index is 14.3. The first-order valence-electron chi connectivity index (χ1n) is 8.83. The second-order valence-corrected chi connectivity index (χ2v) is 6.14. The van der Waals surface area contributed by atoms with Crippen LogP contribution in [0.5, 0.6) is 0 Å². The van der Waals surface area contributed by atoms with E-state index in [0.29, 0.717) is 31.2 Å². The van der Waals surface area contributed by atoms with Crippen LogP contribution in [0.4, 0.5) is 4.39 Å². The van der Waals surface area contributed by atoms with Crippen LogP contribution in [0.25, 0.3) is 17.1 Å². The van der Waals surface area contributed by atoms with E-state index in [4.69, 9.17) is 9.47 Å². The number of pyridine rings is 1. The van der Waals surface area contributed by atoms with Crippen molar-refractivity contribution in [3.8, 4) is 17.1 Å². The van der Waals surface area contributed by atoms with E-state index in [1.165, 1.54) is 10.7 Å². The van der Waals surface area contributed by atoms with E-state index < -0.39 is 11.7 Å². The summed E-state index contributed by atoms with van der Waals surface area (Å²) in [5, 5.41) is 10.8. The minimum atomic E-state index is -0.482. The third-order valence-electron chi connectivity index (χ3n) is 4.25. The first kappa shape index (κ1) is 18.2. The number of benzene rings is 1. The summed E-state index contributed by atoms with van der Waals surface area (Å²) in [5.74, 6) is -0.929. The average Bonchev–Trinajstić information content (AvgIpc) is 3.19. The molecule has 1 saturated heterocycles. The molecule has 0 bridgehead atoms. The Balaban J connectivity index is 1.67. The lowest BCUT2D eigenvalue weighted by Gasteiger charge is -2.22. The van der Waals surface area contributed by atoms with Gasteiger partial charge in [-0.05, 0) is 24.3 Å². The number of ether oxygens (including phenoxy) is 2. The molecule has 3 aromatic rings. The summed E-state index contributed by atoms with van der Waals surface area (Å²) >= 11 is 0. The molecule has 1 N–H and O–H groups in total. The minimum Gasteiger partial charge on any atom is -0.376 e. The number of hydrogen-bond donors (Lipinski definition) is 1. The fourth-order valence-corrected chi connectivity index (χ4v) is 2.90. The molecule has 1 aromatic carbocycles. The van der Waals surface area contributed by atoms with Gasteiger partial charge < -0.3 is 14.8 Å². The molecule has 3 heterocycles. The van der Waals surface area contributed by atoms with Gasteiger partial charge in [0.1, 0.15) is 17.2 Å². The lowest BCUT2D eigenvalue weighted by molar-refractivity contribution is -0.0855. The standard InChI is InChI=1S/C19H18FN5O3/c20-14-5-1-2-7-16(14)25-18(15-6-3-4-8-21-15)17(23-24-25)19(26)22-11-13-12-27-9-10-28-13/h1-8,13H,9-12H2,(H,22,26)/t13-/m0/s1. The van der Waals surface area contributed by atoms with E-state index in [2.05, 4.69) is 20.6 Å². The summed E-state index contributed by atoms with van der Waals surface area (Å²) in [6.45, 7) is 1.72. The van der Waals surface area contributed by atoms with Crippen molar-refractivity contribution < 1.29 is 18.7 Å². The number of halogens is 1. The van der Waals surface area contributed by atoms with Crippen LogP contribution in [-0.2, 0) is 9.47 Å². The van der Waals surface area contributed by atoms with Crippen molar-refractivity contribution in [2.24, 2.45) is 0 Å². The van der Waals surface area contributed by atoms with Gasteiger partial charge in [0.15, 0.2) is 5.69 Å². The number of amides is 1. The SMILES string of the molecule is O=C(NC[C@H]1COCCO1)c1nnn(-c2ccccc2F)c1-c1ccccn1. The molecule has 1 fully saturated rings. The second kappa shape index (κ2) is 8.24. The van der Waals surface area contributed by atoms with Crippen LogP contribution in [0.1, 0.15) is 10.5 Å². The quantitative estimate of drug-likeness (QED) is 0.720. The lowest BCUT2D eigenvalue weighted by Crippen LogP contribution is -2.40. The van der Waals surface area contributed by atoms with Crippen molar-refractivity contribution >= 4 is 5.91 Å². The molecule has 4 rings (SSSR count). The Morgan fingerprint density at radius 2 is 2.07 bits per heavy atom. The Morgan fingerprint density at radius 1 is 1.21 bits per heavy atom. The van der Waals surface area contributed by atoms with Gasteiger partial charge in [-0.3, -0.25) is 9.78 Å². The summed E-state index contributed by atoms with van der Waals surface area (Å²) in [5.41, 5.74) is 1.000. The Morgan fingerprint density at radius 3 is 2.82 bits per heavy atom. The maximum absolute atomic E-state index is 14.3. The van der Waals surface area contributed by atoms with Gasteiger partial charge >= 0.3 is 0 Å². The molecule has 1 amide bonds. The topological polar surface area (TPSA) is 91.2 Å². The molecule has 28 heavy (non-hydrogen) atoms. The van der Waals surface area contributed by atoms with Gasteiger partial charge in [0.25, 0.3) is 5.91 Å². The highest BCUT2D eigenvalue weighted by Gasteiger charge is 2.25. The average molecular weight is 383 g/mol. The summed E-state index contributed by atoms with van der Waals surface area (Å²) in [4.78, 5) is 17.0. The lowest BCUT2D eigenvalue weighted by atomic mass is 10.2. The van der Waals surface area contributed by atoms with E-state index >= 15 is 0 Å². The van der Waals surface area contributed by atoms with Crippen LogP contribution in [-0.4, -0.2) is 58.4 Å². The van der Waals surface area contributed by atoms with Crippen LogP contribution in [0.15, 0.2) is 48.7 Å². The van der Waals surface area contributed by atoms with E-state index in [-0.39, 0.29) is 24.0 Å². The largest absolute Gasteiger partial charge is 0.376 e. The van der Waals surface area contributed by atoms with E-state index in [1.54, 1.807) is 42.6 Å². The zero-order chi connectivity index (χ0) is 19.3. The number of carbonyl (C=O) groups excluding carboxylic acids is 1. The van der Waals surface area contributed by atoms with Crippen LogP contribution in [0.3, 0.4) is 0 Å². The van der Waals surface area contributed by atoms with Crippen molar-refractivity contribution in [1.29, 1.82) is 0 Å². The Hall–Kier alpha value is -3.17. The third-order valence-corrected chi connectivity index (χ3v) is 4.25. The molecule has 1 aliphatic rings. The molecular formula is C19H18FN5O3. The second-order valence-electron chi connectivity index (χ2n) is 6.14. The number of nitrogens with zero attached hydrogens (tertiary/aromatic N) is 4. The van der Waals surface area contributed by atoms with Crippen molar-refractivity contribution in [2.75, 3.05) is 26.4 Å². The van der Waals surface area contributed by atoms with Crippen molar-refractivity contribution in [2.45, 2.75) is 6.10 Å². The molecule has 144 valence electrons. The van der Waals surface area contributed by atoms with E-state index in [1.807, 2.05) is 0 Å². The zero-order valence-electron chi connectivity index (χ0n) is 14.9. The van der Waals surface area contributed by atoms with Crippen LogP contribution >= 0.6 is 0 Å². The molecule has 0 radical (unpaired) electrons. The predicted molar refractivity (Wildman–Crippen MR) is 97.4 cm³/mol. The summed E-state index contributed by atoms with van der Waals surface area (Å²) in [6.07, 6.45) is 1.36. The first-order valence-corrected chi connectivity index (χ1v) is 8.83. The van der Waals surface area contributed by atoms with Gasteiger partial charge in [0, 0.05) is 12.7 Å². The first-order chi connectivity index (χ1) is 13.7. The highest BCUT2D eigenvalue weighted by molar-refractivity contribution is 5.97. The normalized spacial score (nSPS) is 16.7. The molecule has 0 aliphatic carbocycles. The number of carbonyl (C=O) groups is 1. The fraction of sp³-hybridized carbons (Fsp3) is 0.263. The van der Waals surface area contributed by atoms with Gasteiger partial charge in [0.2, 0.25) is 0 Å². The molecule has 8 nitrogen and oxygen atoms in total. The Kier molecular flexibility index (Phi) is 5.36. The van der Waals surface area contributed by atoms with Crippen LogP contribution in [0.2, 0.25) is 0 Å². The van der Waals surface area contributed by atoms with Gasteiger partial charge in [-0.1, -0.05) is 23.4 Å². The van der Waals surface area contributed by atoms with Crippen LogP contribution < -0.4 is 5.32 Å². The van der Waals surface area contributed by atoms with Crippen molar-refractivity contribution in [1.82, 2.24) is 25.3 Å². The summed E-state index contributed by atoms with van der Waals surface area (Å²) in [7, 11) is 0. The fourth-order valence-electron chi connectivity index (χ4n) is 2.90. The Labute approximate surface area is 160 Å². The van der Waals surface area contributed by atoms with Gasteiger partial charge in [-0.2, -0.15) is 0 Å². The highest BCUT2D eigenvalue weighted by Crippen LogP contribution is 2.24.